The van der Waals surface area contributed by atoms with Crippen molar-refractivity contribution in [3.8, 4) is 11.5 Å². The lowest BCUT2D eigenvalue weighted by Gasteiger charge is -2.11. The van der Waals surface area contributed by atoms with Crippen molar-refractivity contribution in [3.05, 3.63) is 46.7 Å². The van der Waals surface area contributed by atoms with Crippen LogP contribution in [0, 0.1) is 0 Å². The Hall–Kier alpha value is -2.48. The summed E-state index contributed by atoms with van der Waals surface area (Å²) in [7, 11) is 2.93. The Labute approximate surface area is 146 Å². The number of anilines is 1. The lowest BCUT2D eigenvalue weighted by Crippen LogP contribution is -2.16. The highest BCUT2D eigenvalue weighted by Crippen LogP contribution is 2.31. The third-order valence-corrected chi connectivity index (χ3v) is 3.54. The van der Waals surface area contributed by atoms with Gasteiger partial charge >= 0.3 is 6.18 Å². The molecule has 0 spiro atoms. The number of hydrogen-bond acceptors (Lipinski definition) is 4. The molecule has 0 radical (unpaired) electrons. The summed E-state index contributed by atoms with van der Waals surface area (Å²) in [5.74, 6) is 0.449. The van der Waals surface area contributed by atoms with Gasteiger partial charge < -0.3 is 14.8 Å². The van der Waals surface area contributed by atoms with Crippen LogP contribution >= 0.6 is 11.6 Å². The average Bonchev–Trinajstić information content (AvgIpc) is 2.55. The van der Waals surface area contributed by atoms with E-state index in [1.807, 2.05) is 0 Å². The normalized spacial score (nSPS) is 11.1. The van der Waals surface area contributed by atoms with Crippen LogP contribution in [-0.4, -0.2) is 25.1 Å². The zero-order valence-corrected chi connectivity index (χ0v) is 14.0. The van der Waals surface area contributed by atoms with E-state index < -0.39 is 17.6 Å². The lowest BCUT2D eigenvalue weighted by molar-refractivity contribution is -0.137. The Balaban J connectivity index is 2.13. The Morgan fingerprint density at radius 1 is 1.16 bits per heavy atom. The molecular formula is C16H14ClF3N2O3. The van der Waals surface area contributed by atoms with E-state index in [0.29, 0.717) is 23.4 Å². The molecule has 1 aromatic carbocycles. The molecule has 1 aromatic heterocycles. The van der Waals surface area contributed by atoms with Crippen molar-refractivity contribution in [3.63, 3.8) is 0 Å². The molecule has 0 saturated heterocycles. The standard InChI is InChI=1S/C16H14ClF3N2O3/c1-24-11-4-10(5-12(6-11)25-2)22-15(23)7-14-13(17)3-9(8-21-14)16(18,19)20/h3-6,8H,7H2,1-2H3,(H,22,23). The number of aromatic nitrogens is 1. The Kier molecular flexibility index (Phi) is 5.73. The number of halogens is 4. The quantitative estimate of drug-likeness (QED) is 0.860. The number of amides is 1. The smallest absolute Gasteiger partial charge is 0.417 e. The molecular weight excluding hydrogens is 361 g/mol. The minimum atomic E-state index is -4.55. The lowest BCUT2D eigenvalue weighted by atomic mass is 10.2. The Bertz CT molecular complexity index is 759. The second-order valence-electron chi connectivity index (χ2n) is 4.98. The van der Waals surface area contributed by atoms with Gasteiger partial charge in [0.1, 0.15) is 11.5 Å². The van der Waals surface area contributed by atoms with Crippen LogP contribution in [0.15, 0.2) is 30.5 Å². The van der Waals surface area contributed by atoms with E-state index in [2.05, 4.69) is 10.3 Å². The van der Waals surface area contributed by atoms with Gasteiger partial charge in [-0.1, -0.05) is 11.6 Å². The fourth-order valence-corrected chi connectivity index (χ4v) is 2.22. The van der Waals surface area contributed by atoms with Crippen LogP contribution in [0.25, 0.3) is 0 Å². The molecule has 0 bridgehead atoms. The molecule has 1 N–H and O–H groups in total. The molecule has 134 valence electrons. The minimum absolute atomic E-state index is 0.0435. The predicted octanol–water partition coefficient (Wildman–Crippen LogP) is 3.95. The van der Waals surface area contributed by atoms with E-state index in [9.17, 15) is 18.0 Å². The Morgan fingerprint density at radius 2 is 1.76 bits per heavy atom. The fraction of sp³-hybridized carbons (Fsp3) is 0.250. The number of carbonyl (C=O) groups excluding carboxylic acids is 1. The van der Waals surface area contributed by atoms with Crippen molar-refractivity contribution in [2.75, 3.05) is 19.5 Å². The monoisotopic (exact) mass is 374 g/mol. The number of alkyl halides is 3. The highest BCUT2D eigenvalue weighted by Gasteiger charge is 2.31. The molecule has 2 aromatic rings. The van der Waals surface area contributed by atoms with Crippen LogP contribution < -0.4 is 14.8 Å². The largest absolute Gasteiger partial charge is 0.497 e. The number of benzene rings is 1. The van der Waals surface area contributed by atoms with Crippen molar-refractivity contribution < 1.29 is 27.4 Å². The van der Waals surface area contributed by atoms with E-state index in [4.69, 9.17) is 21.1 Å². The van der Waals surface area contributed by atoms with Crippen LogP contribution in [-0.2, 0) is 17.4 Å². The SMILES string of the molecule is COc1cc(NC(=O)Cc2ncc(C(F)(F)F)cc2Cl)cc(OC)c1. The van der Waals surface area contributed by atoms with E-state index in [-0.39, 0.29) is 17.1 Å². The topological polar surface area (TPSA) is 60.5 Å². The van der Waals surface area contributed by atoms with Crippen molar-refractivity contribution in [2.45, 2.75) is 12.6 Å². The number of methoxy groups -OCH3 is 2. The van der Waals surface area contributed by atoms with Crippen LogP contribution in [0.4, 0.5) is 18.9 Å². The number of carbonyl (C=O) groups is 1. The molecule has 5 nitrogen and oxygen atoms in total. The number of rotatable bonds is 5. The molecule has 25 heavy (non-hydrogen) atoms. The summed E-state index contributed by atoms with van der Waals surface area (Å²) < 4.78 is 48.0. The summed E-state index contributed by atoms with van der Waals surface area (Å²) in [6.07, 6.45) is -4.19. The average molecular weight is 375 g/mol. The number of nitrogens with zero attached hydrogens (tertiary/aromatic N) is 1. The molecule has 9 heteroatoms. The fourth-order valence-electron chi connectivity index (χ4n) is 1.99. The zero-order chi connectivity index (χ0) is 18.6. The summed E-state index contributed by atoms with van der Waals surface area (Å²) in [6, 6.07) is 5.51. The summed E-state index contributed by atoms with van der Waals surface area (Å²) in [6.45, 7) is 0. The third kappa shape index (κ3) is 4.99. The summed E-state index contributed by atoms with van der Waals surface area (Å²) >= 11 is 5.80. The molecule has 0 saturated carbocycles. The maximum absolute atomic E-state index is 12.6. The molecule has 0 fully saturated rings. The van der Waals surface area contributed by atoms with Gasteiger partial charge in [-0.15, -0.1) is 0 Å². The number of pyridine rings is 1. The maximum atomic E-state index is 12.6. The van der Waals surface area contributed by atoms with Gasteiger partial charge in [0.25, 0.3) is 0 Å². The van der Waals surface area contributed by atoms with Crippen molar-refractivity contribution >= 4 is 23.2 Å². The first-order chi connectivity index (χ1) is 11.7. The molecule has 0 unspecified atom stereocenters. The maximum Gasteiger partial charge on any atom is 0.417 e. The van der Waals surface area contributed by atoms with Crippen molar-refractivity contribution in [1.29, 1.82) is 0 Å². The van der Waals surface area contributed by atoms with Gasteiger partial charge in [0.15, 0.2) is 0 Å². The first-order valence-corrected chi connectivity index (χ1v) is 7.35. The molecule has 0 aliphatic carbocycles. The molecule has 0 aliphatic heterocycles. The van der Waals surface area contributed by atoms with Gasteiger partial charge in [-0.25, -0.2) is 0 Å². The van der Waals surface area contributed by atoms with Gasteiger partial charge in [-0.2, -0.15) is 13.2 Å². The number of nitrogens with one attached hydrogen (secondary N) is 1. The van der Waals surface area contributed by atoms with Crippen LogP contribution in [0.1, 0.15) is 11.3 Å². The first kappa shape index (κ1) is 18.9. The molecule has 2 rings (SSSR count). The van der Waals surface area contributed by atoms with Gasteiger partial charge in [-0.05, 0) is 6.07 Å². The van der Waals surface area contributed by atoms with Crippen molar-refractivity contribution in [1.82, 2.24) is 4.98 Å². The van der Waals surface area contributed by atoms with E-state index in [0.717, 1.165) is 6.07 Å². The predicted molar refractivity (Wildman–Crippen MR) is 86.1 cm³/mol. The molecule has 1 amide bonds. The van der Waals surface area contributed by atoms with Crippen LogP contribution in [0.3, 0.4) is 0 Å². The van der Waals surface area contributed by atoms with Crippen molar-refractivity contribution in [2.24, 2.45) is 0 Å². The first-order valence-electron chi connectivity index (χ1n) is 6.97. The summed E-state index contributed by atoms with van der Waals surface area (Å²) in [5.41, 5.74) is -0.523. The Morgan fingerprint density at radius 3 is 2.24 bits per heavy atom. The third-order valence-electron chi connectivity index (χ3n) is 3.21. The van der Waals surface area contributed by atoms with E-state index >= 15 is 0 Å². The molecule has 0 atom stereocenters. The summed E-state index contributed by atoms with van der Waals surface area (Å²) in [4.78, 5) is 15.7. The van der Waals surface area contributed by atoms with Crippen LogP contribution in [0.2, 0.25) is 5.02 Å². The van der Waals surface area contributed by atoms with E-state index in [1.165, 1.54) is 14.2 Å². The zero-order valence-electron chi connectivity index (χ0n) is 13.3. The second kappa shape index (κ2) is 7.60. The summed E-state index contributed by atoms with van der Waals surface area (Å²) in [5, 5.41) is 2.36. The molecule has 0 aliphatic rings. The van der Waals surface area contributed by atoms with Crippen LogP contribution in [0.5, 0.6) is 11.5 Å². The highest BCUT2D eigenvalue weighted by molar-refractivity contribution is 6.31. The number of hydrogen-bond donors (Lipinski definition) is 1. The second-order valence-corrected chi connectivity index (χ2v) is 5.38. The number of ether oxygens (including phenoxy) is 2. The van der Waals surface area contributed by atoms with Gasteiger partial charge in [0.2, 0.25) is 5.91 Å². The van der Waals surface area contributed by atoms with Gasteiger partial charge in [0.05, 0.1) is 36.9 Å². The highest BCUT2D eigenvalue weighted by atomic mass is 35.5. The van der Waals surface area contributed by atoms with Gasteiger partial charge in [-0.3, -0.25) is 9.78 Å². The minimum Gasteiger partial charge on any atom is -0.497 e. The molecule has 1 heterocycles. The van der Waals surface area contributed by atoms with E-state index in [1.54, 1.807) is 18.2 Å². The van der Waals surface area contributed by atoms with Gasteiger partial charge in [0, 0.05) is 30.1 Å².